The maximum Gasteiger partial charge on any atom is 0.392 e. The Morgan fingerprint density at radius 1 is 1.17 bits per heavy atom. The van der Waals surface area contributed by atoms with Gasteiger partial charge >= 0.3 is 12.2 Å². The molecule has 0 bridgehead atoms. The maximum atomic E-state index is 12.4. The summed E-state index contributed by atoms with van der Waals surface area (Å²) in [5.41, 5.74) is 1.22. The van der Waals surface area contributed by atoms with E-state index in [1.54, 1.807) is 0 Å². The third-order valence-corrected chi connectivity index (χ3v) is 3.81. The highest BCUT2D eigenvalue weighted by molar-refractivity contribution is 5.88. The second kappa shape index (κ2) is 6.46. The van der Waals surface area contributed by atoms with Gasteiger partial charge in [-0.15, -0.1) is 0 Å². The van der Waals surface area contributed by atoms with E-state index in [0.717, 1.165) is 5.56 Å². The first kappa shape index (κ1) is 16.2. The number of hydrogen-bond donors (Lipinski definition) is 2. The van der Waals surface area contributed by atoms with Crippen LogP contribution in [-0.4, -0.2) is 28.7 Å². The smallest absolute Gasteiger partial charge is 0.338 e. The molecule has 0 unspecified atom stereocenters. The number of anilines is 1. The summed E-state index contributed by atoms with van der Waals surface area (Å²) in [7, 11) is 0. The van der Waals surface area contributed by atoms with Crippen LogP contribution in [0.3, 0.4) is 0 Å². The fourth-order valence-corrected chi connectivity index (χ4v) is 2.40. The van der Waals surface area contributed by atoms with Crippen molar-refractivity contribution in [2.75, 3.05) is 11.9 Å². The Balaban J connectivity index is 1.49. The molecule has 0 radical (unpaired) electrons. The fraction of sp³-hybridized carbons (Fsp3) is 0.312. The quantitative estimate of drug-likeness (QED) is 0.898. The topological polar surface area (TPSA) is 66.9 Å². The van der Waals surface area contributed by atoms with E-state index in [9.17, 15) is 18.0 Å². The first-order valence-electron chi connectivity index (χ1n) is 7.42. The zero-order valence-electron chi connectivity index (χ0n) is 12.5. The van der Waals surface area contributed by atoms with E-state index in [1.165, 1.54) is 12.4 Å². The first-order valence-corrected chi connectivity index (χ1v) is 7.42. The van der Waals surface area contributed by atoms with Gasteiger partial charge in [-0.05, 0) is 12.3 Å². The third kappa shape index (κ3) is 4.01. The largest absolute Gasteiger partial charge is 0.392 e. The predicted octanol–water partition coefficient (Wildman–Crippen LogP) is 3.46. The highest BCUT2D eigenvalue weighted by Crippen LogP contribution is 2.49. The fourth-order valence-electron chi connectivity index (χ4n) is 2.40. The van der Waals surface area contributed by atoms with Crippen molar-refractivity contribution in [1.29, 1.82) is 0 Å². The van der Waals surface area contributed by atoms with Crippen LogP contribution < -0.4 is 10.6 Å². The van der Waals surface area contributed by atoms with Gasteiger partial charge in [-0.1, -0.05) is 30.3 Å². The van der Waals surface area contributed by atoms with Crippen molar-refractivity contribution < 1.29 is 18.0 Å². The standard InChI is InChI=1S/C16H15F3N4O/c17-16(18,19)13-6-11(13)7-22-15(24)23-12-8-20-14(21-9-12)10-4-2-1-3-5-10/h1-5,8-9,11,13H,6-7H2,(H2,22,23,24)/t11-,13+/m0/s1. The number of nitrogens with one attached hydrogen (secondary N) is 2. The number of nitrogens with zero attached hydrogens (tertiary/aromatic N) is 2. The molecule has 0 aliphatic heterocycles. The van der Waals surface area contributed by atoms with Gasteiger partial charge in [0.25, 0.3) is 0 Å². The van der Waals surface area contributed by atoms with Crippen molar-refractivity contribution in [3.05, 3.63) is 42.7 Å². The van der Waals surface area contributed by atoms with Crippen LogP contribution in [0, 0.1) is 11.8 Å². The van der Waals surface area contributed by atoms with Crippen LogP contribution in [0.1, 0.15) is 6.42 Å². The van der Waals surface area contributed by atoms with Gasteiger partial charge in [0.15, 0.2) is 5.82 Å². The molecule has 8 heteroatoms. The molecule has 2 N–H and O–H groups in total. The predicted molar refractivity (Wildman–Crippen MR) is 82.1 cm³/mol. The SMILES string of the molecule is O=C(NC[C@@H]1C[C@H]1C(F)(F)F)Nc1cnc(-c2ccccc2)nc1. The number of carbonyl (C=O) groups is 1. The summed E-state index contributed by atoms with van der Waals surface area (Å²) in [4.78, 5) is 20.0. The molecule has 2 amide bonds. The zero-order chi connectivity index (χ0) is 17.2. The van der Waals surface area contributed by atoms with Gasteiger partial charge in [-0.3, -0.25) is 0 Å². The maximum absolute atomic E-state index is 12.4. The minimum absolute atomic E-state index is 0.00103. The second-order valence-corrected chi connectivity index (χ2v) is 5.64. The van der Waals surface area contributed by atoms with Crippen molar-refractivity contribution in [3.63, 3.8) is 0 Å². The molecule has 3 rings (SSSR count). The normalized spacial score (nSPS) is 19.6. The van der Waals surface area contributed by atoms with Gasteiger partial charge in [0.05, 0.1) is 24.0 Å². The van der Waals surface area contributed by atoms with E-state index in [2.05, 4.69) is 20.6 Å². The average molecular weight is 336 g/mol. The molecular weight excluding hydrogens is 321 g/mol. The van der Waals surface area contributed by atoms with E-state index < -0.39 is 24.0 Å². The summed E-state index contributed by atoms with van der Waals surface area (Å²) >= 11 is 0. The number of alkyl halides is 3. The molecule has 0 saturated heterocycles. The lowest BCUT2D eigenvalue weighted by atomic mass is 10.2. The van der Waals surface area contributed by atoms with Crippen LogP contribution in [0.2, 0.25) is 0 Å². The molecule has 1 saturated carbocycles. The van der Waals surface area contributed by atoms with Crippen molar-refractivity contribution >= 4 is 11.7 Å². The Hall–Kier alpha value is -2.64. The van der Waals surface area contributed by atoms with Crippen molar-refractivity contribution in [3.8, 4) is 11.4 Å². The molecule has 1 heterocycles. The van der Waals surface area contributed by atoms with Crippen LogP contribution in [0.4, 0.5) is 23.7 Å². The highest BCUT2D eigenvalue weighted by atomic mass is 19.4. The molecule has 1 aliphatic carbocycles. The lowest BCUT2D eigenvalue weighted by Gasteiger charge is -2.08. The Morgan fingerprint density at radius 2 is 1.83 bits per heavy atom. The number of amides is 2. The minimum atomic E-state index is -4.18. The highest BCUT2D eigenvalue weighted by Gasteiger charge is 2.55. The number of halogens is 3. The van der Waals surface area contributed by atoms with Crippen molar-refractivity contribution in [2.45, 2.75) is 12.6 Å². The summed E-state index contributed by atoms with van der Waals surface area (Å²) < 4.78 is 37.2. The zero-order valence-corrected chi connectivity index (χ0v) is 12.5. The number of hydrogen-bond acceptors (Lipinski definition) is 3. The molecule has 5 nitrogen and oxygen atoms in total. The summed E-state index contributed by atoms with van der Waals surface area (Å²) in [6, 6.07) is 8.77. The van der Waals surface area contributed by atoms with Crippen LogP contribution in [-0.2, 0) is 0 Å². The summed E-state index contributed by atoms with van der Waals surface area (Å²) in [6.45, 7) is -0.00103. The van der Waals surface area contributed by atoms with Crippen molar-refractivity contribution in [2.24, 2.45) is 11.8 Å². The number of benzene rings is 1. The van der Waals surface area contributed by atoms with Gasteiger partial charge in [0.1, 0.15) is 0 Å². The molecule has 1 aromatic carbocycles. The Kier molecular flexibility index (Phi) is 4.37. The number of rotatable bonds is 4. The van der Waals surface area contributed by atoms with E-state index in [1.807, 2.05) is 30.3 Å². The van der Waals surface area contributed by atoms with Crippen LogP contribution >= 0.6 is 0 Å². The van der Waals surface area contributed by atoms with Crippen LogP contribution in [0.5, 0.6) is 0 Å². The van der Waals surface area contributed by atoms with Gasteiger partial charge in [-0.25, -0.2) is 14.8 Å². The third-order valence-electron chi connectivity index (χ3n) is 3.81. The Labute approximate surface area is 136 Å². The van der Waals surface area contributed by atoms with Crippen LogP contribution in [0.25, 0.3) is 11.4 Å². The second-order valence-electron chi connectivity index (χ2n) is 5.64. The molecule has 1 fully saturated rings. The van der Waals surface area contributed by atoms with E-state index >= 15 is 0 Å². The number of aromatic nitrogens is 2. The summed E-state index contributed by atoms with van der Waals surface area (Å²) in [5, 5.41) is 4.94. The molecule has 126 valence electrons. The minimum Gasteiger partial charge on any atom is -0.338 e. The van der Waals surface area contributed by atoms with E-state index in [4.69, 9.17) is 0 Å². The lowest BCUT2D eigenvalue weighted by molar-refractivity contribution is -0.150. The van der Waals surface area contributed by atoms with Crippen molar-refractivity contribution in [1.82, 2.24) is 15.3 Å². The Morgan fingerprint density at radius 3 is 2.42 bits per heavy atom. The van der Waals surface area contributed by atoms with Gasteiger partial charge in [-0.2, -0.15) is 13.2 Å². The average Bonchev–Trinajstić information content (AvgIpc) is 3.35. The summed E-state index contributed by atoms with van der Waals surface area (Å²) in [5.74, 6) is -1.31. The van der Waals surface area contributed by atoms with Crippen LogP contribution in [0.15, 0.2) is 42.7 Å². The summed E-state index contributed by atoms with van der Waals surface area (Å²) in [6.07, 6.45) is -1.21. The lowest BCUT2D eigenvalue weighted by Crippen LogP contribution is -2.31. The Bertz CT molecular complexity index is 704. The van der Waals surface area contributed by atoms with E-state index in [-0.39, 0.29) is 13.0 Å². The molecular formula is C16H15F3N4O. The van der Waals surface area contributed by atoms with Gasteiger partial charge in [0, 0.05) is 12.1 Å². The first-order chi connectivity index (χ1) is 11.4. The number of urea groups is 1. The molecule has 24 heavy (non-hydrogen) atoms. The molecule has 0 spiro atoms. The van der Waals surface area contributed by atoms with Gasteiger partial charge in [0.2, 0.25) is 0 Å². The molecule has 2 aromatic rings. The number of carbonyl (C=O) groups excluding carboxylic acids is 1. The molecule has 1 aliphatic rings. The molecule has 1 aromatic heterocycles. The molecule has 2 atom stereocenters. The van der Waals surface area contributed by atoms with Gasteiger partial charge < -0.3 is 10.6 Å². The van der Waals surface area contributed by atoms with E-state index in [0.29, 0.717) is 11.5 Å². The monoisotopic (exact) mass is 336 g/mol.